The lowest BCUT2D eigenvalue weighted by atomic mass is 10.3. The fourth-order valence-electron chi connectivity index (χ4n) is 1.36. The second-order valence-corrected chi connectivity index (χ2v) is 3.87. The first kappa shape index (κ1) is 13.9. The summed E-state index contributed by atoms with van der Waals surface area (Å²) in [6, 6.07) is 1.92. The van der Waals surface area contributed by atoms with Gasteiger partial charge in [0, 0.05) is 13.2 Å². The molecular weight excluding hydrogens is 277 g/mol. The Kier molecular flexibility index (Phi) is 3.63. The highest BCUT2D eigenvalue weighted by Crippen LogP contribution is 2.28. The van der Waals surface area contributed by atoms with E-state index in [9.17, 15) is 18.0 Å². The molecule has 0 fully saturated rings. The molecule has 2 aromatic rings. The Bertz CT molecular complexity index is 606. The first-order valence-corrected chi connectivity index (χ1v) is 5.40. The molecule has 0 saturated carbocycles. The molecule has 0 aliphatic rings. The maximum Gasteiger partial charge on any atom is 0.417 e. The number of halogens is 3. The van der Waals surface area contributed by atoms with Gasteiger partial charge in [0.05, 0.1) is 12.0 Å². The van der Waals surface area contributed by atoms with E-state index >= 15 is 0 Å². The zero-order valence-electron chi connectivity index (χ0n) is 10.2. The van der Waals surface area contributed by atoms with Gasteiger partial charge in [0.25, 0.3) is 0 Å². The number of aryl methyl sites for hydroxylation is 1. The summed E-state index contributed by atoms with van der Waals surface area (Å²) in [5, 5.41) is 12.9. The van der Waals surface area contributed by atoms with Crippen LogP contribution in [0.2, 0.25) is 0 Å². The van der Waals surface area contributed by atoms with Crippen molar-refractivity contribution in [3.05, 3.63) is 29.7 Å². The Balaban J connectivity index is 2.00. The number of carbonyl (C=O) groups excluding carboxylic acids is 1. The average molecular weight is 286 g/mol. The molecule has 0 radical (unpaired) electrons. The maximum atomic E-state index is 12.3. The van der Waals surface area contributed by atoms with E-state index in [0.29, 0.717) is 12.0 Å². The summed E-state index contributed by atoms with van der Waals surface area (Å²) in [5.41, 5.74) is -0.881. The number of amides is 1. The van der Waals surface area contributed by atoms with E-state index in [-0.39, 0.29) is 12.2 Å². The Morgan fingerprint density at radius 2 is 2.15 bits per heavy atom. The molecule has 7 nitrogen and oxygen atoms in total. The molecule has 20 heavy (non-hydrogen) atoms. The van der Waals surface area contributed by atoms with E-state index < -0.39 is 17.6 Å². The molecule has 2 aromatic heterocycles. The summed E-state index contributed by atoms with van der Waals surface area (Å²) in [5.74, 6) is -0.123. The van der Waals surface area contributed by atoms with Crippen molar-refractivity contribution in [3.8, 4) is 0 Å². The van der Waals surface area contributed by atoms with Crippen LogP contribution in [-0.2, 0) is 24.4 Å². The van der Waals surface area contributed by atoms with Crippen LogP contribution < -0.4 is 5.32 Å². The zero-order chi connectivity index (χ0) is 14.8. The van der Waals surface area contributed by atoms with Crippen LogP contribution in [0.1, 0.15) is 11.4 Å². The lowest BCUT2D eigenvalue weighted by Gasteiger charge is -2.07. The molecule has 0 spiro atoms. The van der Waals surface area contributed by atoms with Gasteiger partial charge in [-0.05, 0) is 22.6 Å². The van der Waals surface area contributed by atoms with Crippen molar-refractivity contribution in [3.63, 3.8) is 0 Å². The second-order valence-electron chi connectivity index (χ2n) is 3.87. The van der Waals surface area contributed by atoms with Gasteiger partial charge in [0.1, 0.15) is 5.82 Å². The molecule has 0 atom stereocenters. The molecule has 0 aromatic carbocycles. The molecule has 0 aliphatic carbocycles. The van der Waals surface area contributed by atoms with Gasteiger partial charge in [-0.2, -0.15) is 13.2 Å². The second kappa shape index (κ2) is 5.23. The maximum absolute atomic E-state index is 12.3. The number of nitrogens with zero attached hydrogens (tertiary/aromatic N) is 5. The van der Waals surface area contributed by atoms with Gasteiger partial charge in [-0.1, -0.05) is 0 Å². The third kappa shape index (κ3) is 3.28. The molecule has 2 rings (SSSR count). The lowest BCUT2D eigenvalue weighted by Crippen LogP contribution is -2.18. The third-order valence-electron chi connectivity index (χ3n) is 2.38. The van der Waals surface area contributed by atoms with E-state index in [0.717, 1.165) is 12.1 Å². The van der Waals surface area contributed by atoms with Crippen LogP contribution in [0.15, 0.2) is 18.3 Å². The van der Waals surface area contributed by atoms with Gasteiger partial charge in [-0.15, -0.1) is 5.10 Å². The molecule has 0 aliphatic heterocycles. The standard InChI is InChI=1S/C10H9F3N6O/c1-19-8(16-17-18-19)4-9(20)15-7-3-2-6(5-14-7)10(11,12)13/h2-3,5H,4H2,1H3,(H,14,15,20). The summed E-state index contributed by atoms with van der Waals surface area (Å²) in [6.07, 6.45) is -3.91. The van der Waals surface area contributed by atoms with Crippen LogP contribution in [0.25, 0.3) is 0 Å². The van der Waals surface area contributed by atoms with Crippen molar-refractivity contribution in [1.29, 1.82) is 0 Å². The van der Waals surface area contributed by atoms with Crippen molar-refractivity contribution < 1.29 is 18.0 Å². The van der Waals surface area contributed by atoms with Gasteiger partial charge < -0.3 is 5.32 Å². The van der Waals surface area contributed by atoms with E-state index in [1.807, 2.05) is 0 Å². The van der Waals surface area contributed by atoms with Crippen molar-refractivity contribution in [2.24, 2.45) is 7.05 Å². The number of anilines is 1. The smallest absolute Gasteiger partial charge is 0.310 e. The van der Waals surface area contributed by atoms with Crippen LogP contribution in [0, 0.1) is 0 Å². The third-order valence-corrected chi connectivity index (χ3v) is 2.38. The highest BCUT2D eigenvalue weighted by atomic mass is 19.4. The number of aromatic nitrogens is 5. The van der Waals surface area contributed by atoms with Gasteiger partial charge >= 0.3 is 6.18 Å². The monoisotopic (exact) mass is 286 g/mol. The van der Waals surface area contributed by atoms with E-state index in [1.54, 1.807) is 7.05 Å². The number of nitrogens with one attached hydrogen (secondary N) is 1. The molecule has 0 bridgehead atoms. The number of alkyl halides is 3. The first-order valence-electron chi connectivity index (χ1n) is 5.40. The lowest BCUT2D eigenvalue weighted by molar-refractivity contribution is -0.137. The van der Waals surface area contributed by atoms with Gasteiger partial charge in [-0.25, -0.2) is 9.67 Å². The summed E-state index contributed by atoms with van der Waals surface area (Å²) in [6.45, 7) is 0. The normalized spacial score (nSPS) is 11.4. The Morgan fingerprint density at radius 3 is 2.65 bits per heavy atom. The van der Waals surface area contributed by atoms with Crippen LogP contribution in [0.5, 0.6) is 0 Å². The molecule has 106 valence electrons. The van der Waals surface area contributed by atoms with Crippen LogP contribution in [-0.4, -0.2) is 31.1 Å². The summed E-state index contributed by atoms with van der Waals surface area (Å²) in [7, 11) is 1.57. The summed E-state index contributed by atoms with van der Waals surface area (Å²) < 4.78 is 38.3. The van der Waals surface area contributed by atoms with Gasteiger partial charge in [0.15, 0.2) is 5.82 Å². The molecule has 10 heteroatoms. The molecule has 0 saturated heterocycles. The Hall–Kier alpha value is -2.52. The summed E-state index contributed by atoms with van der Waals surface area (Å²) >= 11 is 0. The van der Waals surface area contributed by atoms with Crippen molar-refractivity contribution >= 4 is 11.7 Å². The number of hydrogen-bond acceptors (Lipinski definition) is 5. The van der Waals surface area contributed by atoms with Crippen LogP contribution in [0.4, 0.5) is 19.0 Å². The number of tetrazole rings is 1. The minimum atomic E-state index is -4.46. The van der Waals surface area contributed by atoms with Crippen LogP contribution in [0.3, 0.4) is 0 Å². The first-order chi connectivity index (χ1) is 9.36. The Labute approximate surface area is 110 Å². The fourth-order valence-corrected chi connectivity index (χ4v) is 1.36. The largest absolute Gasteiger partial charge is 0.417 e. The SMILES string of the molecule is Cn1nnnc1CC(=O)Nc1ccc(C(F)(F)F)cn1. The van der Waals surface area contributed by atoms with E-state index in [1.165, 1.54) is 4.68 Å². The van der Waals surface area contributed by atoms with Gasteiger partial charge in [0.2, 0.25) is 5.91 Å². The number of hydrogen-bond donors (Lipinski definition) is 1. The predicted octanol–water partition coefficient (Wildman–Crippen LogP) is 0.805. The molecule has 0 unspecified atom stereocenters. The van der Waals surface area contributed by atoms with Crippen molar-refractivity contribution in [2.75, 3.05) is 5.32 Å². The zero-order valence-corrected chi connectivity index (χ0v) is 10.2. The van der Waals surface area contributed by atoms with E-state index in [4.69, 9.17) is 0 Å². The highest BCUT2D eigenvalue weighted by Gasteiger charge is 2.30. The van der Waals surface area contributed by atoms with E-state index in [2.05, 4.69) is 25.8 Å². The van der Waals surface area contributed by atoms with Crippen molar-refractivity contribution in [2.45, 2.75) is 12.6 Å². The summed E-state index contributed by atoms with van der Waals surface area (Å²) in [4.78, 5) is 15.2. The topological polar surface area (TPSA) is 85.6 Å². The number of rotatable bonds is 3. The highest BCUT2D eigenvalue weighted by molar-refractivity contribution is 5.90. The average Bonchev–Trinajstić information content (AvgIpc) is 2.74. The predicted molar refractivity (Wildman–Crippen MR) is 60.4 cm³/mol. The fraction of sp³-hybridized carbons (Fsp3) is 0.300. The van der Waals surface area contributed by atoms with Crippen LogP contribution >= 0.6 is 0 Å². The Morgan fingerprint density at radius 1 is 1.40 bits per heavy atom. The number of carbonyl (C=O) groups is 1. The van der Waals surface area contributed by atoms with Gasteiger partial charge in [-0.3, -0.25) is 4.79 Å². The molecule has 1 N–H and O–H groups in total. The minimum Gasteiger partial charge on any atom is -0.310 e. The number of pyridine rings is 1. The quantitative estimate of drug-likeness (QED) is 0.902. The van der Waals surface area contributed by atoms with Crippen molar-refractivity contribution in [1.82, 2.24) is 25.2 Å². The molecular formula is C10H9F3N6O. The minimum absolute atomic E-state index is 0.0260. The molecule has 1 amide bonds. The molecule has 2 heterocycles.